The Labute approximate surface area is 164 Å². The molecule has 0 aromatic rings. The molecule has 0 atom stereocenters. The third-order valence-corrected chi connectivity index (χ3v) is 4.50. The predicted molar refractivity (Wildman–Crippen MR) is 111 cm³/mol. The molecule has 1 aliphatic rings. The summed E-state index contributed by atoms with van der Waals surface area (Å²) in [6, 6.07) is 0. The molecule has 1 rings (SSSR count). The number of rotatable bonds is 8. The van der Waals surface area contributed by atoms with E-state index in [2.05, 4.69) is 51.3 Å². The minimum atomic E-state index is -1.56. The summed E-state index contributed by atoms with van der Waals surface area (Å²) in [5, 5.41) is 17.2. The van der Waals surface area contributed by atoms with Crippen LogP contribution in [-0.2, 0) is 9.59 Å². The summed E-state index contributed by atoms with van der Waals surface area (Å²) in [6.07, 6.45) is 4.87. The second kappa shape index (κ2) is 15.4. The topological polar surface area (TPSA) is 107 Å². The molecule has 0 saturated carbocycles. The van der Waals surface area contributed by atoms with Crippen molar-refractivity contribution in [3.8, 4) is 0 Å². The Bertz CT molecular complexity index is 433. The van der Waals surface area contributed by atoms with Gasteiger partial charge < -0.3 is 25.7 Å². The fourth-order valence-corrected chi connectivity index (χ4v) is 2.29. The van der Waals surface area contributed by atoms with Crippen molar-refractivity contribution in [2.75, 3.05) is 39.3 Å². The van der Waals surface area contributed by atoms with E-state index >= 15 is 0 Å². The number of aliphatic carboxylic acids is 2. The molecule has 0 bridgehead atoms. The molecule has 0 amide bonds. The van der Waals surface area contributed by atoms with Crippen molar-refractivity contribution in [1.29, 1.82) is 0 Å². The van der Waals surface area contributed by atoms with E-state index in [1.165, 1.54) is 63.6 Å². The van der Waals surface area contributed by atoms with Gasteiger partial charge in [-0.05, 0) is 39.3 Å². The van der Waals surface area contributed by atoms with Gasteiger partial charge in [0.05, 0.1) is 5.92 Å². The Hall–Kier alpha value is -1.70. The fraction of sp³-hybridized carbons (Fsp3) is 0.700. The highest BCUT2D eigenvalue weighted by Crippen LogP contribution is 2.16. The zero-order chi connectivity index (χ0) is 21.5. The van der Waals surface area contributed by atoms with Gasteiger partial charge in [0.2, 0.25) is 0 Å². The van der Waals surface area contributed by atoms with Crippen LogP contribution in [0.2, 0.25) is 0 Å². The average molecular weight is 386 g/mol. The predicted octanol–water partition coefficient (Wildman–Crippen LogP) is 2.29. The van der Waals surface area contributed by atoms with E-state index in [4.69, 9.17) is 15.9 Å². The molecule has 0 unspecified atom stereocenters. The second-order valence-electron chi connectivity index (χ2n) is 6.06. The molecule has 0 spiro atoms. The summed E-state index contributed by atoms with van der Waals surface area (Å²) < 4.78 is 0. The van der Waals surface area contributed by atoms with Gasteiger partial charge in [0.15, 0.2) is 5.54 Å². The maximum Gasteiger partial charge on any atom is 0.331 e. The maximum absolute atomic E-state index is 10.6. The van der Waals surface area contributed by atoms with E-state index in [0.717, 1.165) is 0 Å². The van der Waals surface area contributed by atoms with E-state index in [-0.39, 0.29) is 0 Å². The van der Waals surface area contributed by atoms with Crippen molar-refractivity contribution < 1.29 is 19.8 Å². The highest BCUT2D eigenvalue weighted by Gasteiger charge is 2.31. The zero-order valence-electron chi connectivity index (χ0n) is 17.8. The first-order valence-corrected chi connectivity index (χ1v) is 9.73. The van der Waals surface area contributed by atoms with E-state index in [9.17, 15) is 9.59 Å². The van der Waals surface area contributed by atoms with E-state index in [1.807, 2.05) is 0 Å². The van der Waals surface area contributed by atoms with Gasteiger partial charge in [-0.3, -0.25) is 4.79 Å². The Kier molecular flexibility index (Phi) is 15.7. The molecule has 7 heteroatoms. The largest absolute Gasteiger partial charge is 0.481 e. The van der Waals surface area contributed by atoms with E-state index < -0.39 is 23.4 Å². The van der Waals surface area contributed by atoms with Crippen LogP contribution >= 0.6 is 0 Å². The number of nitrogens with zero attached hydrogens (tertiary/aromatic N) is 2. The first-order chi connectivity index (χ1) is 12.6. The Morgan fingerprint density at radius 1 is 0.815 bits per heavy atom. The molecule has 0 aromatic carbocycles. The van der Waals surface area contributed by atoms with Crippen LogP contribution in [0.25, 0.3) is 0 Å². The number of carboxylic acid groups (broad SMARTS) is 2. The molecule has 0 saturated heterocycles. The lowest BCUT2D eigenvalue weighted by molar-refractivity contribution is -0.141. The third-order valence-electron chi connectivity index (χ3n) is 4.50. The number of hydrogen-bond acceptors (Lipinski definition) is 5. The molecule has 7 nitrogen and oxygen atoms in total. The maximum atomic E-state index is 10.6. The van der Waals surface area contributed by atoms with Crippen LogP contribution in [0.5, 0.6) is 0 Å². The normalized spacial score (nSPS) is 20.6. The van der Waals surface area contributed by atoms with Crippen molar-refractivity contribution in [3.63, 3.8) is 0 Å². The minimum Gasteiger partial charge on any atom is -0.481 e. The Morgan fingerprint density at radius 2 is 1.11 bits per heavy atom. The first kappa shape index (κ1) is 27.5. The summed E-state index contributed by atoms with van der Waals surface area (Å²) >= 11 is 0. The molecule has 158 valence electrons. The van der Waals surface area contributed by atoms with Crippen molar-refractivity contribution in [2.24, 2.45) is 11.7 Å². The molecule has 27 heavy (non-hydrogen) atoms. The first-order valence-electron chi connectivity index (χ1n) is 9.73. The fourth-order valence-electron chi connectivity index (χ4n) is 2.29. The highest BCUT2D eigenvalue weighted by atomic mass is 16.4. The number of hydrogen-bond donors (Lipinski definition) is 3. The summed E-state index contributed by atoms with van der Waals surface area (Å²) in [7, 11) is 0. The second-order valence-corrected chi connectivity index (χ2v) is 6.06. The van der Waals surface area contributed by atoms with Crippen LogP contribution < -0.4 is 5.73 Å². The summed E-state index contributed by atoms with van der Waals surface area (Å²) in [4.78, 5) is 25.8. The molecule has 0 aliphatic heterocycles. The molecule has 4 N–H and O–H groups in total. The number of carbonyl (C=O) groups is 2. The number of nitrogens with two attached hydrogens (primary N) is 1. The molecule has 0 aromatic heterocycles. The monoisotopic (exact) mass is 385 g/mol. The lowest BCUT2D eigenvalue weighted by Gasteiger charge is -2.20. The quantitative estimate of drug-likeness (QED) is 0.550. The lowest BCUT2D eigenvalue weighted by atomic mass is 9.90. The van der Waals surface area contributed by atoms with Gasteiger partial charge in [-0.15, -0.1) is 0 Å². The van der Waals surface area contributed by atoms with Gasteiger partial charge in [-0.25, -0.2) is 4.79 Å². The van der Waals surface area contributed by atoms with Crippen LogP contribution in [0.15, 0.2) is 24.3 Å². The summed E-state index contributed by atoms with van der Waals surface area (Å²) in [5.41, 5.74) is 3.83. The van der Waals surface area contributed by atoms with Crippen LogP contribution in [-0.4, -0.2) is 76.8 Å². The van der Waals surface area contributed by atoms with Gasteiger partial charge in [0.25, 0.3) is 0 Å². The zero-order valence-corrected chi connectivity index (χ0v) is 17.8. The molecular weight excluding hydrogens is 346 g/mol. The molecule has 1 aliphatic carbocycles. The molecular formula is C20H39N3O4. The van der Waals surface area contributed by atoms with Gasteiger partial charge in [0.1, 0.15) is 0 Å². The molecule has 0 fully saturated rings. The Balaban J connectivity index is 0. The minimum absolute atomic E-state index is 0.781. The third kappa shape index (κ3) is 11.6. The van der Waals surface area contributed by atoms with Crippen LogP contribution in [0, 0.1) is 5.92 Å². The van der Waals surface area contributed by atoms with Gasteiger partial charge in [-0.2, -0.15) is 0 Å². The van der Waals surface area contributed by atoms with Gasteiger partial charge >= 0.3 is 11.9 Å². The summed E-state index contributed by atoms with van der Waals surface area (Å²) in [5.74, 6) is -3.01. The number of carboxylic acids is 2. The van der Waals surface area contributed by atoms with Crippen molar-refractivity contribution in [1.82, 2.24) is 9.80 Å². The average Bonchev–Trinajstić information content (AvgIpc) is 2.66. The summed E-state index contributed by atoms with van der Waals surface area (Å²) in [6.45, 7) is 20.2. The highest BCUT2D eigenvalue weighted by molar-refractivity contribution is 5.86. The van der Waals surface area contributed by atoms with Crippen LogP contribution in [0.4, 0.5) is 0 Å². The van der Waals surface area contributed by atoms with Crippen molar-refractivity contribution in [3.05, 3.63) is 24.3 Å². The molecule has 0 heterocycles. The smallest absolute Gasteiger partial charge is 0.331 e. The van der Waals surface area contributed by atoms with Crippen LogP contribution in [0.1, 0.15) is 41.5 Å². The Morgan fingerprint density at radius 3 is 1.26 bits per heavy atom. The standard InChI is InChI=1S/C8H9NO4.2C6H15N/c9-8(7(12)13)3-1-5(2-4-8)6(10)11;2*1-4-7(5-2)6-3/h1-5H,9H2,(H,10,11)(H,12,13);2*4-6H2,1-3H3. The van der Waals surface area contributed by atoms with Gasteiger partial charge in [-0.1, -0.05) is 65.8 Å². The van der Waals surface area contributed by atoms with Gasteiger partial charge in [0, 0.05) is 0 Å². The van der Waals surface area contributed by atoms with E-state index in [1.54, 1.807) is 0 Å². The van der Waals surface area contributed by atoms with Crippen molar-refractivity contribution >= 4 is 11.9 Å². The van der Waals surface area contributed by atoms with E-state index in [0.29, 0.717) is 0 Å². The lowest BCUT2D eigenvalue weighted by Crippen LogP contribution is -2.45. The SMILES string of the molecule is CCN(CC)CC.CCN(CC)CC.NC1(C(=O)O)C=CC(C(=O)O)C=C1. The van der Waals surface area contributed by atoms with Crippen molar-refractivity contribution in [2.45, 2.75) is 47.1 Å². The van der Waals surface area contributed by atoms with Crippen LogP contribution in [0.3, 0.4) is 0 Å². The molecule has 0 radical (unpaired) electrons.